The Labute approximate surface area is 82.8 Å². The van der Waals surface area contributed by atoms with Crippen molar-refractivity contribution in [2.45, 2.75) is 13.0 Å². The highest BCUT2D eigenvalue weighted by molar-refractivity contribution is 5.31. The molecule has 2 rings (SSSR count). The highest BCUT2D eigenvalue weighted by atomic mass is 16.4. The van der Waals surface area contributed by atoms with Crippen molar-refractivity contribution in [2.24, 2.45) is 0 Å². The van der Waals surface area contributed by atoms with Gasteiger partial charge in [-0.1, -0.05) is 24.3 Å². The minimum absolute atomic E-state index is 0.583. The van der Waals surface area contributed by atoms with E-state index in [0.717, 1.165) is 11.1 Å². The molecule has 72 valence electrons. The maximum Gasteiger partial charge on any atom is 0.137 e. The molecule has 0 saturated heterocycles. The van der Waals surface area contributed by atoms with E-state index in [9.17, 15) is 5.11 Å². The molecule has 0 aliphatic heterocycles. The summed E-state index contributed by atoms with van der Waals surface area (Å²) in [6.07, 6.45) is 0.905. The second-order valence-corrected chi connectivity index (χ2v) is 3.27. The zero-order valence-corrected chi connectivity index (χ0v) is 7.97. The van der Waals surface area contributed by atoms with Gasteiger partial charge in [-0.25, -0.2) is 0 Å². The normalized spacial score (nSPS) is 12.7. The van der Waals surface area contributed by atoms with Gasteiger partial charge in [-0.2, -0.15) is 0 Å². The fourth-order valence-electron chi connectivity index (χ4n) is 1.49. The lowest BCUT2D eigenvalue weighted by atomic mass is 10.0. The monoisotopic (exact) mass is 188 g/mol. The molecule has 2 aromatic rings. The fourth-order valence-corrected chi connectivity index (χ4v) is 1.49. The predicted octanol–water partition coefficient (Wildman–Crippen LogP) is 2.67. The van der Waals surface area contributed by atoms with Gasteiger partial charge in [-0.15, -0.1) is 0 Å². The molecule has 1 aromatic heterocycles. The Hall–Kier alpha value is -1.54. The second kappa shape index (κ2) is 3.68. The van der Waals surface area contributed by atoms with Crippen LogP contribution in [0.25, 0.3) is 0 Å². The summed E-state index contributed by atoms with van der Waals surface area (Å²) < 4.78 is 5.15. The zero-order valence-electron chi connectivity index (χ0n) is 7.97. The van der Waals surface area contributed by atoms with Gasteiger partial charge in [-0.05, 0) is 30.2 Å². The van der Waals surface area contributed by atoms with Gasteiger partial charge in [0.05, 0.1) is 6.26 Å². The topological polar surface area (TPSA) is 33.4 Å². The average molecular weight is 188 g/mol. The summed E-state index contributed by atoms with van der Waals surface area (Å²) in [5.41, 5.74) is 1.96. The van der Waals surface area contributed by atoms with Crippen LogP contribution in [0.2, 0.25) is 0 Å². The van der Waals surface area contributed by atoms with E-state index in [1.54, 1.807) is 18.4 Å². The van der Waals surface area contributed by atoms with E-state index in [1.807, 2.05) is 31.2 Å². The number of aryl methyl sites for hydroxylation is 1. The molecule has 0 aliphatic rings. The van der Waals surface area contributed by atoms with Crippen molar-refractivity contribution in [3.05, 3.63) is 59.5 Å². The lowest BCUT2D eigenvalue weighted by Crippen LogP contribution is -1.99. The third kappa shape index (κ3) is 1.56. The summed E-state index contributed by atoms with van der Waals surface area (Å²) in [5.74, 6) is 0.583. The summed E-state index contributed by atoms with van der Waals surface area (Å²) in [6.45, 7) is 1.97. The van der Waals surface area contributed by atoms with Crippen molar-refractivity contribution in [3.63, 3.8) is 0 Å². The molecular formula is C12H12O2. The highest BCUT2D eigenvalue weighted by Crippen LogP contribution is 2.24. The molecule has 0 aliphatic carbocycles. The highest BCUT2D eigenvalue weighted by Gasteiger charge is 2.14. The van der Waals surface area contributed by atoms with Crippen molar-refractivity contribution in [1.82, 2.24) is 0 Å². The number of hydrogen-bond acceptors (Lipinski definition) is 2. The third-order valence-electron chi connectivity index (χ3n) is 2.30. The number of aliphatic hydroxyl groups excluding tert-OH is 1. The smallest absolute Gasteiger partial charge is 0.137 e. The van der Waals surface area contributed by atoms with Crippen molar-refractivity contribution in [3.8, 4) is 0 Å². The number of furan rings is 1. The zero-order chi connectivity index (χ0) is 9.97. The van der Waals surface area contributed by atoms with Crippen molar-refractivity contribution >= 4 is 0 Å². The van der Waals surface area contributed by atoms with Crippen LogP contribution >= 0.6 is 0 Å². The van der Waals surface area contributed by atoms with Gasteiger partial charge in [0.25, 0.3) is 0 Å². The van der Waals surface area contributed by atoms with Crippen LogP contribution in [0.4, 0.5) is 0 Å². The van der Waals surface area contributed by atoms with Crippen LogP contribution in [0.5, 0.6) is 0 Å². The van der Waals surface area contributed by atoms with Gasteiger partial charge < -0.3 is 9.52 Å². The Morgan fingerprint density at radius 3 is 2.57 bits per heavy atom. The molecule has 0 spiro atoms. The summed E-state index contributed by atoms with van der Waals surface area (Å²) in [5, 5.41) is 9.97. The second-order valence-electron chi connectivity index (χ2n) is 3.27. The molecule has 0 fully saturated rings. The lowest BCUT2D eigenvalue weighted by molar-refractivity contribution is 0.188. The Balaban J connectivity index is 2.37. The van der Waals surface area contributed by atoms with Crippen LogP contribution in [0.15, 0.2) is 47.1 Å². The van der Waals surface area contributed by atoms with E-state index in [1.165, 1.54) is 0 Å². The standard InChI is InChI=1S/C12H12O2/c1-9-5-2-3-6-10(9)12(13)11-7-4-8-14-11/h2-8,12-13H,1H3/t12-/m1/s1. The number of benzene rings is 1. The van der Waals surface area contributed by atoms with Gasteiger partial charge in [-0.3, -0.25) is 0 Å². The molecule has 2 heteroatoms. The molecular weight excluding hydrogens is 176 g/mol. The van der Waals surface area contributed by atoms with Gasteiger partial charge in [0, 0.05) is 0 Å². The lowest BCUT2D eigenvalue weighted by Gasteiger charge is -2.10. The maximum absolute atomic E-state index is 9.97. The molecule has 0 bridgehead atoms. The fraction of sp³-hybridized carbons (Fsp3) is 0.167. The van der Waals surface area contributed by atoms with Crippen LogP contribution in [0.3, 0.4) is 0 Å². The Morgan fingerprint density at radius 2 is 1.93 bits per heavy atom. The van der Waals surface area contributed by atoms with E-state index < -0.39 is 6.10 Å². The van der Waals surface area contributed by atoms with Crippen LogP contribution in [0, 0.1) is 6.92 Å². The number of aliphatic hydroxyl groups is 1. The summed E-state index contributed by atoms with van der Waals surface area (Å²) in [6, 6.07) is 11.3. The molecule has 1 heterocycles. The molecule has 0 amide bonds. The molecule has 1 atom stereocenters. The van der Waals surface area contributed by atoms with Crippen molar-refractivity contribution in [1.29, 1.82) is 0 Å². The Kier molecular flexibility index (Phi) is 2.37. The van der Waals surface area contributed by atoms with E-state index >= 15 is 0 Å². The predicted molar refractivity (Wildman–Crippen MR) is 53.9 cm³/mol. The first-order valence-electron chi connectivity index (χ1n) is 4.56. The Morgan fingerprint density at radius 1 is 1.14 bits per heavy atom. The van der Waals surface area contributed by atoms with Crippen LogP contribution in [0.1, 0.15) is 23.0 Å². The average Bonchev–Trinajstić information content (AvgIpc) is 2.70. The molecule has 0 radical (unpaired) electrons. The molecule has 14 heavy (non-hydrogen) atoms. The van der Waals surface area contributed by atoms with Crippen molar-refractivity contribution < 1.29 is 9.52 Å². The van der Waals surface area contributed by atoms with Gasteiger partial charge in [0.15, 0.2) is 0 Å². The quantitative estimate of drug-likeness (QED) is 0.786. The summed E-state index contributed by atoms with van der Waals surface area (Å²) in [4.78, 5) is 0. The molecule has 1 N–H and O–H groups in total. The summed E-state index contributed by atoms with van der Waals surface area (Å²) >= 11 is 0. The minimum Gasteiger partial charge on any atom is -0.466 e. The first-order chi connectivity index (χ1) is 6.79. The first-order valence-corrected chi connectivity index (χ1v) is 4.56. The number of hydrogen-bond donors (Lipinski definition) is 1. The van der Waals surface area contributed by atoms with Gasteiger partial charge >= 0.3 is 0 Å². The van der Waals surface area contributed by atoms with E-state index in [4.69, 9.17) is 4.42 Å². The van der Waals surface area contributed by atoms with Crippen LogP contribution < -0.4 is 0 Å². The van der Waals surface area contributed by atoms with E-state index in [-0.39, 0.29) is 0 Å². The van der Waals surface area contributed by atoms with Crippen LogP contribution in [-0.2, 0) is 0 Å². The summed E-state index contributed by atoms with van der Waals surface area (Å²) in [7, 11) is 0. The molecule has 1 aromatic carbocycles. The van der Waals surface area contributed by atoms with Gasteiger partial charge in [0.1, 0.15) is 11.9 Å². The largest absolute Gasteiger partial charge is 0.466 e. The van der Waals surface area contributed by atoms with Gasteiger partial charge in [0.2, 0.25) is 0 Å². The molecule has 0 unspecified atom stereocenters. The molecule has 2 nitrogen and oxygen atoms in total. The maximum atomic E-state index is 9.97. The van der Waals surface area contributed by atoms with E-state index in [2.05, 4.69) is 0 Å². The van der Waals surface area contributed by atoms with Crippen molar-refractivity contribution in [2.75, 3.05) is 0 Å². The number of rotatable bonds is 2. The molecule has 0 saturated carbocycles. The third-order valence-corrected chi connectivity index (χ3v) is 2.30. The first kappa shape index (κ1) is 9.03. The SMILES string of the molecule is Cc1ccccc1[C@@H](O)c1ccco1. The minimum atomic E-state index is -0.661. The Bertz CT molecular complexity index is 404. The van der Waals surface area contributed by atoms with Crippen LogP contribution in [-0.4, -0.2) is 5.11 Å². The van der Waals surface area contributed by atoms with E-state index in [0.29, 0.717) is 5.76 Å².